The minimum Gasteiger partial charge on any atom is -0.491 e. The van der Waals surface area contributed by atoms with Crippen LogP contribution in [0.4, 0.5) is 5.69 Å². The summed E-state index contributed by atoms with van der Waals surface area (Å²) in [5.41, 5.74) is 3.89. The van der Waals surface area contributed by atoms with Gasteiger partial charge in [-0.25, -0.2) is 0 Å². The van der Waals surface area contributed by atoms with Gasteiger partial charge in [-0.15, -0.1) is 0 Å². The van der Waals surface area contributed by atoms with E-state index in [1.54, 1.807) is 0 Å². The lowest BCUT2D eigenvalue weighted by atomic mass is 10.2. The molecule has 0 aliphatic rings. The molecule has 110 valence electrons. The molecule has 4 nitrogen and oxygen atoms in total. The van der Waals surface area contributed by atoms with Gasteiger partial charge in [-0.3, -0.25) is 0 Å². The van der Waals surface area contributed by atoms with E-state index < -0.39 is 0 Å². The van der Waals surface area contributed by atoms with Crippen molar-refractivity contribution in [3.63, 3.8) is 0 Å². The molecule has 0 radical (unpaired) electrons. The first-order chi connectivity index (χ1) is 10.2. The second kappa shape index (κ2) is 6.85. The normalized spacial score (nSPS) is 10.2. The van der Waals surface area contributed by atoms with E-state index >= 15 is 0 Å². The molecule has 0 atom stereocenters. The Labute approximate surface area is 126 Å². The number of nitriles is 1. The molecule has 21 heavy (non-hydrogen) atoms. The van der Waals surface area contributed by atoms with Crippen LogP contribution in [0.5, 0.6) is 5.75 Å². The van der Waals surface area contributed by atoms with Crippen LogP contribution in [0.3, 0.4) is 0 Å². The van der Waals surface area contributed by atoms with E-state index in [1.165, 1.54) is 0 Å². The third-order valence-electron chi connectivity index (χ3n) is 3.57. The third kappa shape index (κ3) is 3.38. The van der Waals surface area contributed by atoms with E-state index in [0.29, 0.717) is 18.8 Å². The second-order valence-corrected chi connectivity index (χ2v) is 5.01. The van der Waals surface area contributed by atoms with Gasteiger partial charge < -0.3 is 14.6 Å². The lowest BCUT2D eigenvalue weighted by Crippen LogP contribution is -2.04. The fourth-order valence-electron chi connectivity index (χ4n) is 2.19. The van der Waals surface area contributed by atoms with Crippen molar-refractivity contribution in [2.45, 2.75) is 26.8 Å². The molecule has 1 N–H and O–H groups in total. The number of benzene rings is 1. The zero-order chi connectivity index (χ0) is 15.2. The van der Waals surface area contributed by atoms with Crippen molar-refractivity contribution in [2.75, 3.05) is 11.9 Å². The molecule has 0 aliphatic carbocycles. The Balaban J connectivity index is 2.12. The maximum absolute atomic E-state index is 9.07. The number of hydrogen-bond acceptors (Lipinski definition) is 3. The Morgan fingerprint density at radius 3 is 2.76 bits per heavy atom. The van der Waals surface area contributed by atoms with E-state index in [4.69, 9.17) is 10.00 Å². The van der Waals surface area contributed by atoms with Crippen molar-refractivity contribution in [1.29, 1.82) is 5.26 Å². The molecule has 0 spiro atoms. The van der Waals surface area contributed by atoms with Gasteiger partial charge in [0.2, 0.25) is 0 Å². The van der Waals surface area contributed by atoms with Crippen LogP contribution in [0.1, 0.15) is 30.3 Å². The SMILES string of the molecule is CCCOc1ccccc1NCc1cc(C#N)n(C)c1C. The first-order valence-corrected chi connectivity index (χ1v) is 7.18. The van der Waals surface area contributed by atoms with E-state index in [9.17, 15) is 0 Å². The maximum Gasteiger partial charge on any atom is 0.142 e. The van der Waals surface area contributed by atoms with Gasteiger partial charge in [0.25, 0.3) is 0 Å². The van der Waals surface area contributed by atoms with E-state index in [1.807, 2.05) is 48.9 Å². The number of aromatic nitrogens is 1. The molecule has 1 aromatic carbocycles. The summed E-state index contributed by atoms with van der Waals surface area (Å²) >= 11 is 0. The summed E-state index contributed by atoms with van der Waals surface area (Å²) in [7, 11) is 1.91. The Bertz CT molecular complexity index is 653. The highest BCUT2D eigenvalue weighted by atomic mass is 16.5. The van der Waals surface area contributed by atoms with Crippen LogP contribution in [-0.2, 0) is 13.6 Å². The highest BCUT2D eigenvalue weighted by molar-refractivity contribution is 5.56. The molecule has 0 bridgehead atoms. The van der Waals surface area contributed by atoms with Crippen molar-refractivity contribution in [3.05, 3.63) is 47.3 Å². The smallest absolute Gasteiger partial charge is 0.142 e. The van der Waals surface area contributed by atoms with Crippen LogP contribution >= 0.6 is 0 Å². The summed E-state index contributed by atoms with van der Waals surface area (Å²) in [6, 6.07) is 12.1. The Hall–Kier alpha value is -2.41. The Morgan fingerprint density at radius 2 is 2.10 bits per heavy atom. The molecule has 1 aromatic heterocycles. The van der Waals surface area contributed by atoms with Gasteiger partial charge in [0, 0.05) is 19.3 Å². The van der Waals surface area contributed by atoms with Gasteiger partial charge >= 0.3 is 0 Å². The van der Waals surface area contributed by atoms with E-state index in [-0.39, 0.29) is 0 Å². The summed E-state index contributed by atoms with van der Waals surface area (Å²) in [4.78, 5) is 0. The molecule has 2 rings (SSSR count). The predicted molar refractivity (Wildman–Crippen MR) is 84.4 cm³/mol. The minimum atomic E-state index is 0.674. The summed E-state index contributed by atoms with van der Waals surface area (Å²) in [6.07, 6.45) is 0.984. The van der Waals surface area contributed by atoms with Crippen LogP contribution < -0.4 is 10.1 Å². The number of nitrogens with one attached hydrogen (secondary N) is 1. The number of nitrogens with zero attached hydrogens (tertiary/aromatic N) is 2. The van der Waals surface area contributed by atoms with Crippen molar-refractivity contribution < 1.29 is 4.74 Å². The molecular formula is C17H21N3O. The molecule has 0 saturated heterocycles. The maximum atomic E-state index is 9.07. The van der Waals surface area contributed by atoms with Crippen molar-refractivity contribution in [1.82, 2.24) is 4.57 Å². The Morgan fingerprint density at radius 1 is 1.33 bits per heavy atom. The van der Waals surface area contributed by atoms with Crippen LogP contribution in [0, 0.1) is 18.3 Å². The summed E-state index contributed by atoms with van der Waals surface area (Å²) in [5.74, 6) is 0.869. The molecule has 0 unspecified atom stereocenters. The largest absolute Gasteiger partial charge is 0.491 e. The van der Waals surface area contributed by atoms with Gasteiger partial charge in [0.1, 0.15) is 17.5 Å². The lowest BCUT2D eigenvalue weighted by Gasteiger charge is -2.12. The number of anilines is 1. The van der Waals surface area contributed by atoms with E-state index in [0.717, 1.165) is 29.1 Å². The summed E-state index contributed by atoms with van der Waals surface area (Å²) < 4.78 is 7.65. The highest BCUT2D eigenvalue weighted by Crippen LogP contribution is 2.25. The van der Waals surface area contributed by atoms with Crippen LogP contribution in [0.2, 0.25) is 0 Å². The van der Waals surface area contributed by atoms with Crippen molar-refractivity contribution in [2.24, 2.45) is 7.05 Å². The zero-order valence-electron chi connectivity index (χ0n) is 12.8. The molecule has 2 aromatic rings. The lowest BCUT2D eigenvalue weighted by molar-refractivity contribution is 0.319. The van der Waals surface area contributed by atoms with Gasteiger partial charge in [0.15, 0.2) is 0 Å². The first kappa shape index (κ1) is 15.0. The van der Waals surface area contributed by atoms with Gasteiger partial charge in [0.05, 0.1) is 12.3 Å². The minimum absolute atomic E-state index is 0.674. The third-order valence-corrected chi connectivity index (χ3v) is 3.57. The zero-order valence-corrected chi connectivity index (χ0v) is 12.8. The van der Waals surface area contributed by atoms with Crippen LogP contribution in [0.25, 0.3) is 0 Å². The Kier molecular flexibility index (Phi) is 4.89. The molecule has 1 heterocycles. The summed E-state index contributed by atoms with van der Waals surface area (Å²) in [6.45, 7) is 5.50. The standard InChI is InChI=1S/C17H21N3O/c1-4-9-21-17-8-6-5-7-16(17)19-12-14-10-15(11-18)20(3)13(14)2/h5-8,10,19H,4,9,12H2,1-3H3. The first-order valence-electron chi connectivity index (χ1n) is 7.18. The predicted octanol–water partition coefficient (Wildman–Crippen LogP) is 3.61. The number of para-hydroxylation sites is 2. The van der Waals surface area contributed by atoms with Crippen molar-refractivity contribution in [3.8, 4) is 11.8 Å². The highest BCUT2D eigenvalue weighted by Gasteiger charge is 2.09. The summed E-state index contributed by atoms with van der Waals surface area (Å²) in [5, 5.41) is 12.5. The number of ether oxygens (including phenoxy) is 1. The van der Waals surface area contributed by atoms with Gasteiger partial charge in [-0.2, -0.15) is 5.26 Å². The van der Waals surface area contributed by atoms with Crippen molar-refractivity contribution >= 4 is 5.69 Å². The molecule has 4 heteroatoms. The molecular weight excluding hydrogens is 262 g/mol. The fourth-order valence-corrected chi connectivity index (χ4v) is 2.19. The molecule has 0 aliphatic heterocycles. The molecule has 0 saturated carbocycles. The van der Waals surface area contributed by atoms with E-state index in [2.05, 4.69) is 18.3 Å². The monoisotopic (exact) mass is 283 g/mol. The molecule has 0 amide bonds. The fraction of sp³-hybridized carbons (Fsp3) is 0.353. The van der Waals surface area contributed by atoms with Crippen LogP contribution in [-0.4, -0.2) is 11.2 Å². The van der Waals surface area contributed by atoms with Crippen LogP contribution in [0.15, 0.2) is 30.3 Å². The molecule has 0 fully saturated rings. The van der Waals surface area contributed by atoms with Gasteiger partial charge in [-0.05, 0) is 37.1 Å². The van der Waals surface area contributed by atoms with Gasteiger partial charge in [-0.1, -0.05) is 19.1 Å². The average molecular weight is 283 g/mol. The number of rotatable bonds is 6. The average Bonchev–Trinajstić information content (AvgIpc) is 2.79. The quantitative estimate of drug-likeness (QED) is 0.881. The topological polar surface area (TPSA) is 50.0 Å². The number of hydrogen-bond donors (Lipinski definition) is 1. The second-order valence-electron chi connectivity index (χ2n) is 5.01.